The molecule has 2 aliphatic heterocycles. The number of carbonyl (C=O) groups is 1. The van der Waals surface area contributed by atoms with Gasteiger partial charge in [0, 0.05) is 5.56 Å². The smallest absolute Gasteiger partial charge is 0.337 e. The van der Waals surface area contributed by atoms with Gasteiger partial charge in [0.2, 0.25) is 0 Å². The Balaban J connectivity index is 1.49. The van der Waals surface area contributed by atoms with Gasteiger partial charge in [-0.2, -0.15) is 0 Å². The molecular formula is C20H21NO7. The van der Waals surface area contributed by atoms with Crippen molar-refractivity contribution in [2.75, 3.05) is 11.9 Å². The summed E-state index contributed by atoms with van der Waals surface area (Å²) < 4.78 is 17.4. The molecular weight excluding hydrogens is 366 g/mol. The molecule has 2 heterocycles. The number of carboxylic acid groups (broad SMARTS) is 1. The van der Waals surface area contributed by atoms with Gasteiger partial charge in [0.15, 0.2) is 12.5 Å². The monoisotopic (exact) mass is 387 g/mol. The molecule has 0 spiro atoms. The Morgan fingerprint density at radius 3 is 2.43 bits per heavy atom. The zero-order valence-corrected chi connectivity index (χ0v) is 14.8. The third kappa shape index (κ3) is 3.60. The van der Waals surface area contributed by atoms with E-state index in [0.717, 1.165) is 5.56 Å². The molecule has 0 amide bonds. The van der Waals surface area contributed by atoms with Gasteiger partial charge in [-0.1, -0.05) is 42.5 Å². The van der Waals surface area contributed by atoms with Crippen LogP contribution in [0.1, 0.15) is 22.2 Å². The summed E-state index contributed by atoms with van der Waals surface area (Å²) >= 11 is 0. The number of anilines is 1. The van der Waals surface area contributed by atoms with Gasteiger partial charge < -0.3 is 34.8 Å². The summed E-state index contributed by atoms with van der Waals surface area (Å²) in [5.41, 5.74) is 1.12. The van der Waals surface area contributed by atoms with Crippen molar-refractivity contribution in [3.63, 3.8) is 0 Å². The summed E-state index contributed by atoms with van der Waals surface area (Å²) in [7, 11) is 0. The van der Waals surface area contributed by atoms with Crippen LogP contribution in [0.25, 0.3) is 0 Å². The van der Waals surface area contributed by atoms with Crippen LogP contribution in [0.5, 0.6) is 0 Å². The maximum Gasteiger partial charge on any atom is 0.337 e. The average Bonchev–Trinajstić information content (AvgIpc) is 2.72. The molecule has 4 N–H and O–H groups in total. The van der Waals surface area contributed by atoms with Gasteiger partial charge in [-0.15, -0.1) is 0 Å². The van der Waals surface area contributed by atoms with E-state index in [-0.39, 0.29) is 17.9 Å². The highest BCUT2D eigenvalue weighted by Crippen LogP contribution is 2.34. The van der Waals surface area contributed by atoms with Crippen molar-refractivity contribution in [3.05, 3.63) is 65.7 Å². The largest absolute Gasteiger partial charge is 0.478 e. The molecule has 0 bridgehead atoms. The first-order valence-corrected chi connectivity index (χ1v) is 8.97. The maximum absolute atomic E-state index is 11.4. The number of hydrogen-bond acceptors (Lipinski definition) is 7. The Kier molecular flexibility index (Phi) is 5.29. The minimum Gasteiger partial charge on any atom is -0.478 e. The molecule has 8 nitrogen and oxygen atoms in total. The first-order valence-electron chi connectivity index (χ1n) is 8.97. The Bertz CT molecular complexity index is 828. The zero-order chi connectivity index (χ0) is 19.7. The first kappa shape index (κ1) is 18.9. The number of aliphatic hydroxyl groups is 2. The summed E-state index contributed by atoms with van der Waals surface area (Å²) in [6.45, 7) is 0.159. The van der Waals surface area contributed by atoms with E-state index in [0.29, 0.717) is 0 Å². The van der Waals surface area contributed by atoms with Crippen LogP contribution in [0.4, 0.5) is 5.69 Å². The lowest BCUT2D eigenvalue weighted by Gasteiger charge is -2.46. The van der Waals surface area contributed by atoms with Crippen molar-refractivity contribution >= 4 is 11.7 Å². The highest BCUT2D eigenvalue weighted by Gasteiger charge is 2.49. The van der Waals surface area contributed by atoms with Crippen molar-refractivity contribution in [2.45, 2.75) is 36.9 Å². The number of hydrogen-bond donors (Lipinski definition) is 4. The molecule has 1 unspecified atom stereocenters. The van der Waals surface area contributed by atoms with Crippen LogP contribution in [-0.4, -0.2) is 58.5 Å². The predicted molar refractivity (Wildman–Crippen MR) is 97.7 cm³/mol. The van der Waals surface area contributed by atoms with Gasteiger partial charge in [-0.05, 0) is 12.1 Å². The van der Waals surface area contributed by atoms with E-state index >= 15 is 0 Å². The Hall–Kier alpha value is -2.49. The molecule has 0 aromatic heterocycles. The van der Waals surface area contributed by atoms with E-state index in [4.69, 9.17) is 14.2 Å². The second-order valence-electron chi connectivity index (χ2n) is 6.75. The van der Waals surface area contributed by atoms with Crippen molar-refractivity contribution in [1.29, 1.82) is 0 Å². The predicted octanol–water partition coefficient (Wildman–Crippen LogP) is 1.36. The van der Waals surface area contributed by atoms with Gasteiger partial charge in [0.05, 0.1) is 17.9 Å². The van der Waals surface area contributed by atoms with Gasteiger partial charge >= 0.3 is 5.97 Å². The Morgan fingerprint density at radius 2 is 1.68 bits per heavy atom. The highest BCUT2D eigenvalue weighted by molar-refractivity contribution is 5.94. The van der Waals surface area contributed by atoms with Crippen molar-refractivity contribution in [1.82, 2.24) is 0 Å². The van der Waals surface area contributed by atoms with E-state index in [9.17, 15) is 20.1 Å². The molecule has 6 atom stereocenters. The first-order chi connectivity index (χ1) is 13.5. The summed E-state index contributed by atoms with van der Waals surface area (Å²) in [4.78, 5) is 11.4. The number of nitrogens with one attached hydrogen (secondary N) is 1. The number of rotatable bonds is 4. The van der Waals surface area contributed by atoms with Crippen molar-refractivity contribution < 1.29 is 34.3 Å². The van der Waals surface area contributed by atoms with Crippen LogP contribution in [-0.2, 0) is 14.2 Å². The SMILES string of the molecule is O=C(O)c1ccccc1N[C@@H]1O[C@@H]2COC(c3ccccc3)O[C@H]2[C@H](O)[C@H]1O. The lowest BCUT2D eigenvalue weighted by atomic mass is 9.96. The minimum absolute atomic E-state index is 0.0372. The van der Waals surface area contributed by atoms with E-state index in [1.807, 2.05) is 30.3 Å². The van der Waals surface area contributed by atoms with E-state index in [1.54, 1.807) is 18.2 Å². The van der Waals surface area contributed by atoms with E-state index in [2.05, 4.69) is 5.32 Å². The van der Waals surface area contributed by atoms with E-state index in [1.165, 1.54) is 6.07 Å². The number of fused-ring (bicyclic) bond motifs is 1. The van der Waals surface area contributed by atoms with Crippen molar-refractivity contribution in [3.8, 4) is 0 Å². The quantitative estimate of drug-likeness (QED) is 0.621. The standard InChI is InChI=1S/C20H21NO7/c22-15-16(23)18(21-13-9-5-4-8-12(13)19(24)25)27-14-10-26-20(28-17(14)15)11-6-2-1-3-7-11/h1-9,14-18,20-23H,10H2,(H,24,25)/t14-,15-,16-,17-,18-,20?/m1/s1. The van der Waals surface area contributed by atoms with E-state index < -0.39 is 42.9 Å². The second kappa shape index (κ2) is 7.86. The summed E-state index contributed by atoms with van der Waals surface area (Å²) in [5, 5.41) is 33.3. The molecule has 2 aliphatic rings. The van der Waals surface area contributed by atoms with Crippen LogP contribution in [0.2, 0.25) is 0 Å². The van der Waals surface area contributed by atoms with Gasteiger partial charge in [-0.25, -0.2) is 4.79 Å². The van der Waals surface area contributed by atoms with Gasteiger partial charge in [-0.3, -0.25) is 0 Å². The molecule has 0 radical (unpaired) electrons. The number of para-hydroxylation sites is 1. The summed E-state index contributed by atoms with van der Waals surface area (Å²) in [5.74, 6) is -1.11. The molecule has 4 rings (SSSR count). The summed E-state index contributed by atoms with van der Waals surface area (Å²) in [6, 6.07) is 15.6. The third-order valence-electron chi connectivity index (χ3n) is 4.90. The third-order valence-corrected chi connectivity index (χ3v) is 4.90. The lowest BCUT2D eigenvalue weighted by molar-refractivity contribution is -0.325. The molecule has 148 valence electrons. The van der Waals surface area contributed by atoms with Crippen LogP contribution in [0, 0.1) is 0 Å². The topological polar surface area (TPSA) is 117 Å². The molecule has 2 fully saturated rings. The normalized spacial score (nSPS) is 32.4. The average molecular weight is 387 g/mol. The zero-order valence-electron chi connectivity index (χ0n) is 14.8. The van der Waals surface area contributed by atoms with Crippen LogP contribution < -0.4 is 5.32 Å². The fourth-order valence-corrected chi connectivity index (χ4v) is 3.46. The highest BCUT2D eigenvalue weighted by atomic mass is 16.7. The van der Waals surface area contributed by atoms with Gasteiger partial charge in [0.1, 0.15) is 24.4 Å². The van der Waals surface area contributed by atoms with Crippen LogP contribution in [0.3, 0.4) is 0 Å². The number of carboxylic acids is 1. The molecule has 8 heteroatoms. The number of aromatic carboxylic acids is 1. The Labute approximate surface area is 161 Å². The van der Waals surface area contributed by atoms with Gasteiger partial charge in [0.25, 0.3) is 0 Å². The van der Waals surface area contributed by atoms with Crippen LogP contribution in [0.15, 0.2) is 54.6 Å². The number of benzene rings is 2. The Morgan fingerprint density at radius 1 is 0.964 bits per heavy atom. The maximum atomic E-state index is 11.4. The molecule has 2 aromatic rings. The fourth-order valence-electron chi connectivity index (χ4n) is 3.46. The minimum atomic E-state index is -1.32. The number of ether oxygens (including phenoxy) is 3. The molecule has 0 aliphatic carbocycles. The van der Waals surface area contributed by atoms with Crippen molar-refractivity contribution in [2.24, 2.45) is 0 Å². The molecule has 2 saturated heterocycles. The molecule has 0 saturated carbocycles. The summed E-state index contributed by atoms with van der Waals surface area (Å²) in [6.07, 6.45) is -5.63. The van der Waals surface area contributed by atoms with Crippen LogP contribution >= 0.6 is 0 Å². The molecule has 28 heavy (non-hydrogen) atoms. The number of aliphatic hydroxyl groups excluding tert-OH is 2. The lowest BCUT2D eigenvalue weighted by Crippen LogP contribution is -2.63. The fraction of sp³-hybridized carbons (Fsp3) is 0.350. The second-order valence-corrected chi connectivity index (χ2v) is 6.75. The molecule has 2 aromatic carbocycles.